The molecule has 0 aliphatic heterocycles. The SMILES string of the molecule is CCOc1ccc(NC(=O)CSc2nccs2)cc1OCC. The van der Waals surface area contributed by atoms with Gasteiger partial charge in [-0.05, 0) is 26.0 Å². The number of benzene rings is 1. The van der Waals surface area contributed by atoms with E-state index in [1.807, 2.05) is 19.2 Å². The van der Waals surface area contributed by atoms with Crippen LogP contribution < -0.4 is 14.8 Å². The number of nitrogens with one attached hydrogen (secondary N) is 1. The number of rotatable bonds is 8. The third-order valence-electron chi connectivity index (χ3n) is 2.56. The van der Waals surface area contributed by atoms with Crippen molar-refractivity contribution in [1.82, 2.24) is 4.98 Å². The second-order valence-corrected chi connectivity index (χ2v) is 6.28. The molecule has 1 heterocycles. The Morgan fingerprint density at radius 1 is 1.27 bits per heavy atom. The summed E-state index contributed by atoms with van der Waals surface area (Å²) in [7, 11) is 0. The Balaban J connectivity index is 1.96. The van der Waals surface area contributed by atoms with Gasteiger partial charge in [0.15, 0.2) is 11.5 Å². The molecule has 0 aliphatic rings. The molecule has 1 N–H and O–H groups in total. The molecular formula is C15H18N2O3S2. The van der Waals surface area contributed by atoms with Crippen LogP contribution in [-0.4, -0.2) is 29.9 Å². The zero-order chi connectivity index (χ0) is 15.8. The summed E-state index contributed by atoms with van der Waals surface area (Å²) in [6.07, 6.45) is 1.73. The maximum atomic E-state index is 12.0. The third-order valence-corrected chi connectivity index (χ3v) is 4.53. The van der Waals surface area contributed by atoms with Crippen LogP contribution in [0.3, 0.4) is 0 Å². The van der Waals surface area contributed by atoms with Crippen LogP contribution in [0.5, 0.6) is 11.5 Å². The number of hydrogen-bond donors (Lipinski definition) is 1. The van der Waals surface area contributed by atoms with Crippen molar-refractivity contribution in [2.24, 2.45) is 0 Å². The summed E-state index contributed by atoms with van der Waals surface area (Å²) in [4.78, 5) is 16.1. The standard InChI is InChI=1S/C15H18N2O3S2/c1-3-19-12-6-5-11(9-13(12)20-4-2)17-14(18)10-22-15-16-7-8-21-15/h5-9H,3-4,10H2,1-2H3,(H,17,18). The summed E-state index contributed by atoms with van der Waals surface area (Å²) < 4.78 is 11.9. The predicted molar refractivity (Wildman–Crippen MR) is 90.2 cm³/mol. The van der Waals surface area contributed by atoms with E-state index < -0.39 is 0 Å². The van der Waals surface area contributed by atoms with Gasteiger partial charge < -0.3 is 14.8 Å². The van der Waals surface area contributed by atoms with E-state index in [4.69, 9.17) is 9.47 Å². The Morgan fingerprint density at radius 2 is 2.05 bits per heavy atom. The first kappa shape index (κ1) is 16.6. The van der Waals surface area contributed by atoms with Gasteiger partial charge in [-0.1, -0.05) is 11.8 Å². The monoisotopic (exact) mass is 338 g/mol. The minimum Gasteiger partial charge on any atom is -0.490 e. The number of thiazole rings is 1. The molecular weight excluding hydrogens is 320 g/mol. The van der Waals surface area contributed by atoms with Crippen molar-refractivity contribution in [3.63, 3.8) is 0 Å². The van der Waals surface area contributed by atoms with Crippen LogP contribution in [0.1, 0.15) is 13.8 Å². The molecule has 1 amide bonds. The zero-order valence-electron chi connectivity index (χ0n) is 12.5. The number of carbonyl (C=O) groups is 1. The first-order valence-corrected chi connectivity index (χ1v) is 8.81. The quantitative estimate of drug-likeness (QED) is 0.744. The highest BCUT2D eigenvalue weighted by atomic mass is 32.2. The lowest BCUT2D eigenvalue weighted by Gasteiger charge is -2.12. The number of amides is 1. The van der Waals surface area contributed by atoms with Crippen molar-refractivity contribution in [2.75, 3.05) is 24.3 Å². The molecule has 0 saturated heterocycles. The number of aromatic nitrogens is 1. The molecule has 0 fully saturated rings. The first-order valence-electron chi connectivity index (χ1n) is 6.94. The maximum absolute atomic E-state index is 12.0. The van der Waals surface area contributed by atoms with E-state index in [0.717, 1.165) is 4.34 Å². The molecule has 2 aromatic rings. The average Bonchev–Trinajstić information content (AvgIpc) is 3.02. The second kappa shape index (κ2) is 8.65. The van der Waals surface area contributed by atoms with Gasteiger partial charge in [0.05, 0.1) is 19.0 Å². The number of nitrogens with zero attached hydrogens (tertiary/aromatic N) is 1. The maximum Gasteiger partial charge on any atom is 0.234 e. The summed E-state index contributed by atoms with van der Waals surface area (Å²) in [5.41, 5.74) is 0.691. The van der Waals surface area contributed by atoms with E-state index in [9.17, 15) is 4.79 Å². The predicted octanol–water partition coefficient (Wildman–Crippen LogP) is 3.67. The highest BCUT2D eigenvalue weighted by Gasteiger charge is 2.09. The topological polar surface area (TPSA) is 60.5 Å². The fraction of sp³-hybridized carbons (Fsp3) is 0.333. The Hall–Kier alpha value is -1.73. The van der Waals surface area contributed by atoms with Gasteiger partial charge in [0.25, 0.3) is 0 Å². The van der Waals surface area contributed by atoms with E-state index in [0.29, 0.717) is 36.2 Å². The Bertz CT molecular complexity index is 603. The molecule has 7 heteroatoms. The van der Waals surface area contributed by atoms with Gasteiger partial charge in [0.1, 0.15) is 4.34 Å². The van der Waals surface area contributed by atoms with E-state index >= 15 is 0 Å². The van der Waals surface area contributed by atoms with Gasteiger partial charge >= 0.3 is 0 Å². The van der Waals surface area contributed by atoms with Gasteiger partial charge in [-0.3, -0.25) is 4.79 Å². The zero-order valence-corrected chi connectivity index (χ0v) is 14.1. The summed E-state index contributed by atoms with van der Waals surface area (Å²) >= 11 is 2.94. The molecule has 0 saturated carbocycles. The van der Waals surface area contributed by atoms with Crippen LogP contribution >= 0.6 is 23.1 Å². The van der Waals surface area contributed by atoms with E-state index in [1.54, 1.807) is 24.4 Å². The molecule has 1 aromatic heterocycles. The van der Waals surface area contributed by atoms with Crippen molar-refractivity contribution >= 4 is 34.7 Å². The largest absolute Gasteiger partial charge is 0.490 e. The van der Waals surface area contributed by atoms with Gasteiger partial charge in [-0.25, -0.2) is 4.98 Å². The average molecular weight is 338 g/mol. The summed E-state index contributed by atoms with van der Waals surface area (Å²) in [5, 5.41) is 4.74. The molecule has 0 bridgehead atoms. The summed E-state index contributed by atoms with van der Waals surface area (Å²) in [5.74, 6) is 1.56. The van der Waals surface area contributed by atoms with E-state index in [1.165, 1.54) is 23.1 Å². The van der Waals surface area contributed by atoms with Crippen molar-refractivity contribution in [3.8, 4) is 11.5 Å². The van der Waals surface area contributed by atoms with E-state index in [2.05, 4.69) is 10.3 Å². The van der Waals surface area contributed by atoms with Gasteiger partial charge in [0.2, 0.25) is 5.91 Å². The van der Waals surface area contributed by atoms with Crippen molar-refractivity contribution in [1.29, 1.82) is 0 Å². The molecule has 5 nitrogen and oxygen atoms in total. The van der Waals surface area contributed by atoms with Crippen LogP contribution in [0, 0.1) is 0 Å². The molecule has 0 atom stereocenters. The molecule has 22 heavy (non-hydrogen) atoms. The molecule has 1 aromatic carbocycles. The number of carbonyl (C=O) groups excluding carboxylic acids is 1. The third kappa shape index (κ3) is 4.92. The van der Waals surface area contributed by atoms with Crippen molar-refractivity contribution in [2.45, 2.75) is 18.2 Å². The molecule has 0 unspecified atom stereocenters. The Kier molecular flexibility index (Phi) is 6.54. The number of hydrogen-bond acceptors (Lipinski definition) is 6. The second-order valence-electron chi connectivity index (χ2n) is 4.16. The molecule has 0 spiro atoms. The minimum atomic E-state index is -0.0770. The van der Waals surface area contributed by atoms with Crippen molar-refractivity contribution < 1.29 is 14.3 Å². The van der Waals surface area contributed by atoms with E-state index in [-0.39, 0.29) is 5.91 Å². The smallest absolute Gasteiger partial charge is 0.234 e. The Labute approximate surface area is 138 Å². The highest BCUT2D eigenvalue weighted by Crippen LogP contribution is 2.30. The molecule has 118 valence electrons. The van der Waals surface area contributed by atoms with Crippen LogP contribution in [0.2, 0.25) is 0 Å². The van der Waals surface area contributed by atoms with Crippen LogP contribution in [0.25, 0.3) is 0 Å². The number of ether oxygens (including phenoxy) is 2. The molecule has 0 aliphatic carbocycles. The fourth-order valence-corrected chi connectivity index (χ4v) is 3.17. The lowest BCUT2D eigenvalue weighted by molar-refractivity contribution is -0.113. The highest BCUT2D eigenvalue weighted by molar-refractivity contribution is 8.01. The van der Waals surface area contributed by atoms with Crippen LogP contribution in [0.15, 0.2) is 34.1 Å². The van der Waals surface area contributed by atoms with Gasteiger partial charge in [0, 0.05) is 23.3 Å². The number of thioether (sulfide) groups is 1. The number of anilines is 1. The normalized spacial score (nSPS) is 10.3. The molecule has 2 rings (SSSR count). The minimum absolute atomic E-state index is 0.0770. The van der Waals surface area contributed by atoms with Crippen molar-refractivity contribution in [3.05, 3.63) is 29.8 Å². The lowest BCUT2D eigenvalue weighted by atomic mass is 10.2. The first-order chi connectivity index (χ1) is 10.7. The Morgan fingerprint density at radius 3 is 2.73 bits per heavy atom. The lowest BCUT2D eigenvalue weighted by Crippen LogP contribution is -2.14. The van der Waals surface area contributed by atoms with Gasteiger partial charge in [-0.15, -0.1) is 11.3 Å². The summed E-state index contributed by atoms with van der Waals surface area (Å²) in [6.45, 7) is 4.93. The summed E-state index contributed by atoms with van der Waals surface area (Å²) in [6, 6.07) is 5.39. The van der Waals surface area contributed by atoms with Crippen LogP contribution in [0.4, 0.5) is 5.69 Å². The van der Waals surface area contributed by atoms with Gasteiger partial charge in [-0.2, -0.15) is 0 Å². The van der Waals surface area contributed by atoms with Crippen LogP contribution in [-0.2, 0) is 4.79 Å². The fourth-order valence-electron chi connectivity index (χ4n) is 1.73. The molecule has 0 radical (unpaired) electrons.